The monoisotopic (exact) mass is 184 g/mol. The van der Waals surface area contributed by atoms with Crippen molar-refractivity contribution >= 4 is 5.57 Å². The average Bonchev–Trinajstić information content (AvgIpc) is 2.19. The molecule has 1 aliphatic carbocycles. The van der Waals surface area contributed by atoms with Gasteiger partial charge in [0.1, 0.15) is 0 Å². The number of benzene rings is 1. The van der Waals surface area contributed by atoms with Crippen LogP contribution in [0.5, 0.6) is 0 Å². The van der Waals surface area contributed by atoms with E-state index in [4.69, 9.17) is 0 Å². The van der Waals surface area contributed by atoms with Gasteiger partial charge in [0.2, 0.25) is 0 Å². The van der Waals surface area contributed by atoms with Crippen molar-refractivity contribution in [3.8, 4) is 0 Å². The van der Waals surface area contributed by atoms with Crippen molar-refractivity contribution in [3.63, 3.8) is 0 Å². The van der Waals surface area contributed by atoms with E-state index < -0.39 is 0 Å². The Morgan fingerprint density at radius 1 is 1.00 bits per heavy atom. The molecule has 0 atom stereocenters. The summed E-state index contributed by atoms with van der Waals surface area (Å²) in [4.78, 5) is 0. The van der Waals surface area contributed by atoms with E-state index in [0.717, 1.165) is 0 Å². The van der Waals surface area contributed by atoms with E-state index in [2.05, 4.69) is 50.3 Å². The Morgan fingerprint density at radius 2 is 1.86 bits per heavy atom. The number of allylic oxidation sites excluding steroid dienone is 4. The SMILES string of the molecule is CC1=CC=C(c2cccc(C)c2)CC1. The molecule has 0 unspecified atom stereocenters. The first-order valence-corrected chi connectivity index (χ1v) is 5.19. The molecule has 1 aliphatic rings. The normalized spacial score (nSPS) is 16.1. The Bertz CT molecular complexity index is 394. The summed E-state index contributed by atoms with van der Waals surface area (Å²) in [5.41, 5.74) is 5.68. The third-order valence-electron chi connectivity index (χ3n) is 2.75. The van der Waals surface area contributed by atoms with Crippen LogP contribution in [0.25, 0.3) is 5.57 Å². The highest BCUT2D eigenvalue weighted by atomic mass is 14.1. The van der Waals surface area contributed by atoms with Crippen molar-refractivity contribution in [2.75, 3.05) is 0 Å². The van der Waals surface area contributed by atoms with Crippen molar-refractivity contribution in [2.24, 2.45) is 0 Å². The van der Waals surface area contributed by atoms with E-state index in [1.54, 1.807) is 0 Å². The molecular formula is C14H16. The van der Waals surface area contributed by atoms with Crippen LogP contribution in [0.2, 0.25) is 0 Å². The third-order valence-corrected chi connectivity index (χ3v) is 2.75. The van der Waals surface area contributed by atoms with Gasteiger partial charge in [-0.3, -0.25) is 0 Å². The molecule has 2 rings (SSSR count). The van der Waals surface area contributed by atoms with Crippen LogP contribution in [-0.4, -0.2) is 0 Å². The maximum atomic E-state index is 2.26. The van der Waals surface area contributed by atoms with Crippen LogP contribution < -0.4 is 0 Å². The fourth-order valence-corrected chi connectivity index (χ4v) is 1.83. The lowest BCUT2D eigenvalue weighted by molar-refractivity contribution is 0.976. The third kappa shape index (κ3) is 1.95. The molecule has 0 spiro atoms. The van der Waals surface area contributed by atoms with E-state index in [9.17, 15) is 0 Å². The van der Waals surface area contributed by atoms with Crippen LogP contribution in [0.1, 0.15) is 30.9 Å². The topological polar surface area (TPSA) is 0 Å². The standard InChI is InChI=1S/C14H16/c1-11-6-8-13(9-7-11)14-5-3-4-12(2)10-14/h3-6,8,10H,7,9H2,1-2H3. The minimum Gasteiger partial charge on any atom is -0.0730 e. The van der Waals surface area contributed by atoms with Crippen molar-refractivity contribution in [2.45, 2.75) is 26.7 Å². The Labute approximate surface area is 86.0 Å². The summed E-state index contributed by atoms with van der Waals surface area (Å²) in [6.07, 6.45) is 6.89. The second-order valence-electron chi connectivity index (χ2n) is 4.07. The molecule has 0 amide bonds. The van der Waals surface area contributed by atoms with Crippen molar-refractivity contribution < 1.29 is 0 Å². The maximum absolute atomic E-state index is 2.26. The Morgan fingerprint density at radius 3 is 2.50 bits per heavy atom. The minimum atomic E-state index is 1.19. The first-order chi connectivity index (χ1) is 6.75. The smallest absolute Gasteiger partial charge is 0.0222 e. The summed E-state index contributed by atoms with van der Waals surface area (Å²) >= 11 is 0. The lowest BCUT2D eigenvalue weighted by atomic mass is 9.93. The summed E-state index contributed by atoms with van der Waals surface area (Å²) in [6, 6.07) is 8.75. The van der Waals surface area contributed by atoms with Crippen molar-refractivity contribution in [1.29, 1.82) is 0 Å². The summed E-state index contributed by atoms with van der Waals surface area (Å²) in [5, 5.41) is 0. The van der Waals surface area contributed by atoms with Crippen LogP contribution >= 0.6 is 0 Å². The zero-order valence-corrected chi connectivity index (χ0v) is 8.88. The van der Waals surface area contributed by atoms with Gasteiger partial charge in [0, 0.05) is 0 Å². The van der Waals surface area contributed by atoms with E-state index in [0.29, 0.717) is 0 Å². The summed E-state index contributed by atoms with van der Waals surface area (Å²) in [6.45, 7) is 4.34. The highest BCUT2D eigenvalue weighted by molar-refractivity contribution is 5.69. The predicted molar refractivity (Wildman–Crippen MR) is 62.1 cm³/mol. The van der Waals surface area contributed by atoms with Gasteiger partial charge in [-0.05, 0) is 37.8 Å². The average molecular weight is 184 g/mol. The van der Waals surface area contributed by atoms with Crippen molar-refractivity contribution in [3.05, 3.63) is 53.1 Å². The summed E-state index contributed by atoms with van der Waals surface area (Å²) in [5.74, 6) is 0. The van der Waals surface area contributed by atoms with Crippen LogP contribution in [-0.2, 0) is 0 Å². The molecular weight excluding hydrogens is 168 g/mol. The zero-order chi connectivity index (χ0) is 9.97. The first kappa shape index (κ1) is 9.26. The summed E-state index contributed by atoms with van der Waals surface area (Å²) < 4.78 is 0. The molecule has 0 bridgehead atoms. The second-order valence-corrected chi connectivity index (χ2v) is 4.07. The van der Waals surface area contributed by atoms with Crippen LogP contribution in [0.3, 0.4) is 0 Å². The molecule has 0 saturated heterocycles. The highest BCUT2D eigenvalue weighted by Gasteiger charge is 2.05. The van der Waals surface area contributed by atoms with Crippen molar-refractivity contribution in [1.82, 2.24) is 0 Å². The minimum absolute atomic E-state index is 1.19. The molecule has 0 N–H and O–H groups in total. The molecule has 0 aliphatic heterocycles. The molecule has 0 heterocycles. The molecule has 1 aromatic carbocycles. The van der Waals surface area contributed by atoms with Crippen LogP contribution in [0.15, 0.2) is 42.0 Å². The molecule has 0 nitrogen and oxygen atoms in total. The van der Waals surface area contributed by atoms with E-state index in [1.807, 2.05) is 0 Å². The summed E-state index contributed by atoms with van der Waals surface area (Å²) in [7, 11) is 0. The largest absolute Gasteiger partial charge is 0.0730 e. The lowest BCUT2D eigenvalue weighted by Crippen LogP contribution is -1.91. The zero-order valence-electron chi connectivity index (χ0n) is 8.88. The molecule has 0 heteroatoms. The van der Waals surface area contributed by atoms with Gasteiger partial charge < -0.3 is 0 Å². The molecule has 0 saturated carbocycles. The number of aryl methyl sites for hydroxylation is 1. The van der Waals surface area contributed by atoms with E-state index in [-0.39, 0.29) is 0 Å². The molecule has 0 radical (unpaired) electrons. The molecule has 14 heavy (non-hydrogen) atoms. The van der Waals surface area contributed by atoms with Crippen LogP contribution in [0.4, 0.5) is 0 Å². The maximum Gasteiger partial charge on any atom is -0.0222 e. The Hall–Kier alpha value is -1.30. The molecule has 72 valence electrons. The molecule has 0 fully saturated rings. The van der Waals surface area contributed by atoms with Gasteiger partial charge in [-0.15, -0.1) is 0 Å². The van der Waals surface area contributed by atoms with Gasteiger partial charge in [-0.1, -0.05) is 47.6 Å². The first-order valence-electron chi connectivity index (χ1n) is 5.19. The molecule has 1 aromatic rings. The van der Waals surface area contributed by atoms with Gasteiger partial charge in [-0.25, -0.2) is 0 Å². The van der Waals surface area contributed by atoms with Crippen LogP contribution in [0, 0.1) is 6.92 Å². The Balaban J connectivity index is 2.32. The number of rotatable bonds is 1. The van der Waals surface area contributed by atoms with Gasteiger partial charge >= 0.3 is 0 Å². The quantitative estimate of drug-likeness (QED) is 0.616. The second kappa shape index (κ2) is 3.83. The highest BCUT2D eigenvalue weighted by Crippen LogP contribution is 2.26. The number of hydrogen-bond donors (Lipinski definition) is 0. The van der Waals surface area contributed by atoms with Gasteiger partial charge in [0.15, 0.2) is 0 Å². The predicted octanol–water partition coefficient (Wildman–Crippen LogP) is 4.12. The fourth-order valence-electron chi connectivity index (χ4n) is 1.83. The van der Waals surface area contributed by atoms with E-state index in [1.165, 1.54) is 35.1 Å². The number of hydrogen-bond acceptors (Lipinski definition) is 0. The fraction of sp³-hybridized carbons (Fsp3) is 0.286. The molecule has 0 aromatic heterocycles. The lowest BCUT2D eigenvalue weighted by Gasteiger charge is -2.12. The van der Waals surface area contributed by atoms with Gasteiger partial charge in [0.05, 0.1) is 0 Å². The van der Waals surface area contributed by atoms with Gasteiger partial charge in [-0.2, -0.15) is 0 Å². The Kier molecular flexibility index (Phi) is 2.53. The van der Waals surface area contributed by atoms with E-state index >= 15 is 0 Å². The van der Waals surface area contributed by atoms with Gasteiger partial charge in [0.25, 0.3) is 0 Å².